The molecule has 0 aliphatic heterocycles. The number of hydrogen-bond donors (Lipinski definition) is 2. The fourth-order valence-corrected chi connectivity index (χ4v) is 1.71. The molecule has 1 amide bonds. The number of aliphatic hydroxyl groups excluding tert-OH is 1. The average Bonchev–Trinajstić information content (AvgIpc) is 2.49. The Bertz CT molecular complexity index is 601. The van der Waals surface area contributed by atoms with Crippen molar-refractivity contribution >= 4 is 11.6 Å². The lowest BCUT2D eigenvalue weighted by atomic mass is 10.1. The summed E-state index contributed by atoms with van der Waals surface area (Å²) >= 11 is 0. The second-order valence-corrected chi connectivity index (χ2v) is 4.15. The second kappa shape index (κ2) is 6.16. The largest absolute Gasteiger partial charge is 0.497 e. The van der Waals surface area contributed by atoms with E-state index in [-0.39, 0.29) is 5.69 Å². The molecule has 0 aliphatic carbocycles. The van der Waals surface area contributed by atoms with Crippen molar-refractivity contribution in [3.05, 3.63) is 59.9 Å². The molecule has 0 saturated carbocycles. The number of ether oxygens (including phenoxy) is 1. The maximum absolute atomic E-state index is 13.6. The number of amides is 1. The zero-order valence-corrected chi connectivity index (χ0v) is 10.8. The van der Waals surface area contributed by atoms with E-state index in [1.807, 2.05) is 0 Å². The second-order valence-electron chi connectivity index (χ2n) is 4.15. The van der Waals surface area contributed by atoms with E-state index in [1.54, 1.807) is 30.3 Å². The average molecular weight is 275 g/mol. The van der Waals surface area contributed by atoms with Gasteiger partial charge in [0, 0.05) is 6.07 Å². The lowest BCUT2D eigenvalue weighted by molar-refractivity contribution is -0.124. The van der Waals surface area contributed by atoms with Gasteiger partial charge in [0.25, 0.3) is 5.91 Å². The summed E-state index contributed by atoms with van der Waals surface area (Å²) in [5.74, 6) is -0.890. The first-order valence-corrected chi connectivity index (χ1v) is 5.99. The summed E-state index contributed by atoms with van der Waals surface area (Å²) in [6.45, 7) is 0. The fraction of sp³-hybridized carbons (Fsp3) is 0.133. The van der Waals surface area contributed by atoms with Crippen molar-refractivity contribution in [2.45, 2.75) is 6.10 Å². The van der Waals surface area contributed by atoms with Crippen LogP contribution in [0.15, 0.2) is 48.5 Å². The van der Waals surface area contributed by atoms with Crippen LogP contribution in [0.5, 0.6) is 5.75 Å². The molecule has 20 heavy (non-hydrogen) atoms. The van der Waals surface area contributed by atoms with Gasteiger partial charge in [-0.2, -0.15) is 0 Å². The minimum atomic E-state index is -1.36. The van der Waals surface area contributed by atoms with E-state index in [4.69, 9.17) is 4.74 Å². The summed E-state index contributed by atoms with van der Waals surface area (Å²) in [7, 11) is 1.44. The van der Waals surface area contributed by atoms with Crippen molar-refractivity contribution < 1.29 is 19.0 Å². The van der Waals surface area contributed by atoms with Crippen LogP contribution in [-0.4, -0.2) is 18.1 Å². The predicted molar refractivity (Wildman–Crippen MR) is 73.0 cm³/mol. The minimum absolute atomic E-state index is 0.0377. The van der Waals surface area contributed by atoms with Crippen molar-refractivity contribution in [1.82, 2.24) is 0 Å². The number of carbonyl (C=O) groups is 1. The number of methoxy groups -OCH3 is 1. The van der Waals surface area contributed by atoms with Crippen LogP contribution in [0, 0.1) is 5.82 Å². The molecule has 2 aromatic carbocycles. The Hall–Kier alpha value is -2.40. The van der Waals surface area contributed by atoms with E-state index in [9.17, 15) is 14.3 Å². The summed E-state index contributed by atoms with van der Waals surface area (Å²) in [4.78, 5) is 11.9. The topological polar surface area (TPSA) is 58.6 Å². The van der Waals surface area contributed by atoms with Crippen molar-refractivity contribution in [3.63, 3.8) is 0 Å². The van der Waals surface area contributed by atoms with Crippen LogP contribution >= 0.6 is 0 Å². The Morgan fingerprint density at radius 2 is 1.95 bits per heavy atom. The van der Waals surface area contributed by atoms with Gasteiger partial charge in [-0.05, 0) is 17.7 Å². The third kappa shape index (κ3) is 3.13. The molecule has 0 spiro atoms. The number of nitrogens with one attached hydrogen (secondary N) is 1. The minimum Gasteiger partial charge on any atom is -0.497 e. The summed E-state index contributed by atoms with van der Waals surface area (Å²) in [6.07, 6.45) is -1.36. The van der Waals surface area contributed by atoms with Gasteiger partial charge >= 0.3 is 0 Å². The first-order chi connectivity index (χ1) is 9.61. The van der Waals surface area contributed by atoms with Crippen LogP contribution in [0.4, 0.5) is 10.1 Å². The Morgan fingerprint density at radius 3 is 2.60 bits per heavy atom. The zero-order valence-electron chi connectivity index (χ0n) is 10.8. The van der Waals surface area contributed by atoms with Gasteiger partial charge in [-0.3, -0.25) is 4.79 Å². The molecular weight excluding hydrogens is 261 g/mol. The van der Waals surface area contributed by atoms with Crippen LogP contribution in [0.25, 0.3) is 0 Å². The maximum Gasteiger partial charge on any atom is 0.257 e. The SMILES string of the molecule is COc1ccc(F)c(NC(=O)C(O)c2ccccc2)c1. The number of hydrogen-bond acceptors (Lipinski definition) is 3. The van der Waals surface area contributed by atoms with Crippen LogP contribution < -0.4 is 10.1 Å². The van der Waals surface area contributed by atoms with Gasteiger partial charge in [-0.1, -0.05) is 30.3 Å². The van der Waals surface area contributed by atoms with Crippen LogP contribution in [0.3, 0.4) is 0 Å². The monoisotopic (exact) mass is 275 g/mol. The Labute approximate surface area is 115 Å². The molecule has 1 unspecified atom stereocenters. The highest BCUT2D eigenvalue weighted by Crippen LogP contribution is 2.22. The number of rotatable bonds is 4. The normalized spacial score (nSPS) is 11.8. The molecule has 4 nitrogen and oxygen atoms in total. The third-order valence-corrected chi connectivity index (χ3v) is 2.80. The molecule has 2 aromatic rings. The molecule has 0 fully saturated rings. The predicted octanol–water partition coefficient (Wildman–Crippen LogP) is 2.51. The van der Waals surface area contributed by atoms with E-state index < -0.39 is 17.8 Å². The van der Waals surface area contributed by atoms with Gasteiger partial charge in [0.15, 0.2) is 6.10 Å². The van der Waals surface area contributed by atoms with Gasteiger partial charge in [0.2, 0.25) is 0 Å². The maximum atomic E-state index is 13.6. The van der Waals surface area contributed by atoms with Gasteiger partial charge < -0.3 is 15.2 Å². The standard InChI is InChI=1S/C15H14FNO3/c1-20-11-7-8-12(16)13(9-11)17-15(19)14(18)10-5-3-2-4-6-10/h2-9,14,18H,1H3,(H,17,19). The van der Waals surface area contributed by atoms with Gasteiger partial charge in [-0.25, -0.2) is 4.39 Å². The van der Waals surface area contributed by atoms with E-state index >= 15 is 0 Å². The number of carbonyl (C=O) groups excluding carboxylic acids is 1. The number of aliphatic hydroxyl groups is 1. The smallest absolute Gasteiger partial charge is 0.257 e. The molecule has 2 rings (SSSR count). The van der Waals surface area contributed by atoms with E-state index in [0.29, 0.717) is 11.3 Å². The molecule has 104 valence electrons. The molecular formula is C15H14FNO3. The Morgan fingerprint density at radius 1 is 1.25 bits per heavy atom. The molecule has 0 aliphatic rings. The van der Waals surface area contributed by atoms with Crippen LogP contribution in [0.2, 0.25) is 0 Å². The lowest BCUT2D eigenvalue weighted by Crippen LogP contribution is -2.21. The highest BCUT2D eigenvalue weighted by atomic mass is 19.1. The molecule has 0 radical (unpaired) electrons. The molecule has 0 saturated heterocycles. The summed E-state index contributed by atoms with van der Waals surface area (Å²) in [5, 5.41) is 12.2. The first-order valence-electron chi connectivity index (χ1n) is 5.99. The number of anilines is 1. The highest BCUT2D eigenvalue weighted by molar-refractivity contribution is 5.94. The molecule has 1 atom stereocenters. The Kier molecular flexibility index (Phi) is 4.32. The Balaban J connectivity index is 2.15. The number of benzene rings is 2. The van der Waals surface area contributed by atoms with Crippen molar-refractivity contribution in [2.75, 3.05) is 12.4 Å². The molecule has 0 bridgehead atoms. The highest BCUT2D eigenvalue weighted by Gasteiger charge is 2.18. The van der Waals surface area contributed by atoms with Gasteiger partial charge in [0.1, 0.15) is 11.6 Å². The van der Waals surface area contributed by atoms with Crippen LogP contribution in [0.1, 0.15) is 11.7 Å². The third-order valence-electron chi connectivity index (χ3n) is 2.80. The lowest BCUT2D eigenvalue weighted by Gasteiger charge is -2.12. The molecule has 5 heteroatoms. The first kappa shape index (κ1) is 14.0. The quantitative estimate of drug-likeness (QED) is 0.901. The van der Waals surface area contributed by atoms with E-state index in [0.717, 1.165) is 0 Å². The van der Waals surface area contributed by atoms with Gasteiger partial charge in [-0.15, -0.1) is 0 Å². The fourth-order valence-electron chi connectivity index (χ4n) is 1.71. The molecule has 2 N–H and O–H groups in total. The van der Waals surface area contributed by atoms with Gasteiger partial charge in [0.05, 0.1) is 12.8 Å². The number of halogens is 1. The van der Waals surface area contributed by atoms with Crippen molar-refractivity contribution in [2.24, 2.45) is 0 Å². The van der Waals surface area contributed by atoms with Crippen molar-refractivity contribution in [1.29, 1.82) is 0 Å². The summed E-state index contributed by atoms with van der Waals surface area (Å²) in [5.41, 5.74) is 0.401. The van der Waals surface area contributed by atoms with Crippen molar-refractivity contribution in [3.8, 4) is 5.75 Å². The summed E-state index contributed by atoms with van der Waals surface area (Å²) in [6, 6.07) is 12.4. The summed E-state index contributed by atoms with van der Waals surface area (Å²) < 4.78 is 18.5. The van der Waals surface area contributed by atoms with E-state index in [2.05, 4.69) is 5.32 Å². The van der Waals surface area contributed by atoms with E-state index in [1.165, 1.54) is 25.3 Å². The molecule has 0 aromatic heterocycles. The zero-order chi connectivity index (χ0) is 14.5. The molecule has 0 heterocycles. The van der Waals surface area contributed by atoms with Crippen LogP contribution in [-0.2, 0) is 4.79 Å².